The van der Waals surface area contributed by atoms with Crippen LogP contribution in [0.1, 0.15) is 76.2 Å². The van der Waals surface area contributed by atoms with Crippen molar-refractivity contribution in [3.05, 3.63) is 35.6 Å². The lowest BCUT2D eigenvalue weighted by Crippen LogP contribution is -2.48. The monoisotopic (exact) mass is 526 g/mol. The molecule has 5 nitrogen and oxygen atoms in total. The lowest BCUT2D eigenvalue weighted by molar-refractivity contribution is -0.138. The van der Waals surface area contributed by atoms with E-state index in [1.54, 1.807) is 19.2 Å². The summed E-state index contributed by atoms with van der Waals surface area (Å²) in [5.41, 5.74) is -0.668. The topological polar surface area (TPSA) is 61.8 Å². The van der Waals surface area contributed by atoms with Gasteiger partial charge in [0.25, 0.3) is 0 Å². The first-order valence-corrected chi connectivity index (χ1v) is 13.9. The number of hydrogen-bond acceptors (Lipinski definition) is 4. The zero-order valence-corrected chi connectivity index (χ0v) is 22.5. The molecule has 1 aromatic rings. The predicted octanol–water partition coefficient (Wildman–Crippen LogP) is 5.51. The number of benzene rings is 1. The molecule has 1 aliphatic heterocycles. The van der Waals surface area contributed by atoms with Gasteiger partial charge < -0.3 is 20.1 Å². The van der Waals surface area contributed by atoms with Gasteiger partial charge in [0.05, 0.1) is 5.60 Å². The zero-order valence-electron chi connectivity index (χ0n) is 22.5. The maximum atomic E-state index is 14.1. The van der Waals surface area contributed by atoms with E-state index >= 15 is 0 Å². The molecule has 1 aromatic carbocycles. The highest BCUT2D eigenvalue weighted by Crippen LogP contribution is 2.41. The van der Waals surface area contributed by atoms with E-state index in [0.717, 1.165) is 32.1 Å². The lowest BCUT2D eigenvalue weighted by Gasteiger charge is -2.43. The van der Waals surface area contributed by atoms with E-state index < -0.39 is 11.5 Å². The van der Waals surface area contributed by atoms with Crippen molar-refractivity contribution in [3.63, 3.8) is 0 Å². The van der Waals surface area contributed by atoms with Gasteiger partial charge in [-0.1, -0.05) is 12.1 Å². The van der Waals surface area contributed by atoms with Gasteiger partial charge in [-0.05, 0) is 94.5 Å². The molecule has 2 N–H and O–H groups in total. The molecule has 37 heavy (non-hydrogen) atoms. The number of aliphatic hydroxyl groups is 1. The third kappa shape index (κ3) is 8.69. The number of hydrogen-bond donors (Lipinski definition) is 2. The average Bonchev–Trinajstić information content (AvgIpc) is 2.88. The number of methoxy groups -OCH3 is 1. The number of amides is 1. The molecule has 1 heterocycles. The first kappa shape index (κ1) is 29.9. The molecule has 0 unspecified atom stereocenters. The number of likely N-dealkylation sites (tertiary alicyclic amines) is 1. The Kier molecular flexibility index (Phi) is 11.3. The Labute approximate surface area is 220 Å². The smallest absolute Gasteiger partial charge is 0.248 e. The van der Waals surface area contributed by atoms with Gasteiger partial charge >= 0.3 is 0 Å². The highest BCUT2D eigenvalue weighted by molar-refractivity contribution is 5.76. The van der Waals surface area contributed by atoms with Crippen molar-refractivity contribution >= 4 is 5.91 Å². The molecule has 0 radical (unpaired) electrons. The first-order chi connectivity index (χ1) is 17.7. The van der Waals surface area contributed by atoms with Crippen molar-refractivity contribution in [1.29, 1.82) is 0 Å². The molecular weight excluding hydrogens is 481 g/mol. The summed E-state index contributed by atoms with van der Waals surface area (Å²) in [5, 5.41) is 15.1. The number of rotatable bonds is 13. The molecular formula is C29H45F3N2O3. The van der Waals surface area contributed by atoms with Gasteiger partial charge in [-0.15, -0.1) is 0 Å². The van der Waals surface area contributed by atoms with Gasteiger partial charge in [-0.2, -0.15) is 0 Å². The largest absolute Gasteiger partial charge is 0.385 e. The molecule has 1 aliphatic carbocycles. The van der Waals surface area contributed by atoms with Crippen LogP contribution in [-0.2, 0) is 15.1 Å². The van der Waals surface area contributed by atoms with Gasteiger partial charge in [0.1, 0.15) is 5.82 Å². The number of piperidine rings is 1. The summed E-state index contributed by atoms with van der Waals surface area (Å²) < 4.78 is 46.5. The fraction of sp³-hybridized carbons (Fsp3) is 0.759. The van der Waals surface area contributed by atoms with E-state index in [4.69, 9.17) is 4.74 Å². The first-order valence-electron chi connectivity index (χ1n) is 13.9. The van der Waals surface area contributed by atoms with Crippen molar-refractivity contribution in [2.45, 2.75) is 82.2 Å². The summed E-state index contributed by atoms with van der Waals surface area (Å²) in [6.07, 6.45) is 5.58. The van der Waals surface area contributed by atoms with Crippen molar-refractivity contribution < 1.29 is 27.8 Å². The summed E-state index contributed by atoms with van der Waals surface area (Å²) in [7, 11) is 3.50. The van der Waals surface area contributed by atoms with Crippen LogP contribution < -0.4 is 5.32 Å². The van der Waals surface area contributed by atoms with Crippen molar-refractivity contribution in [1.82, 2.24) is 10.2 Å². The second kappa shape index (κ2) is 13.9. The number of alkyl halides is 2. The maximum Gasteiger partial charge on any atom is 0.248 e. The highest BCUT2D eigenvalue weighted by Gasteiger charge is 2.42. The quantitative estimate of drug-likeness (QED) is 0.333. The Morgan fingerprint density at radius 1 is 1.27 bits per heavy atom. The molecule has 0 aromatic heterocycles. The van der Waals surface area contributed by atoms with Crippen LogP contribution in [0.3, 0.4) is 0 Å². The lowest BCUT2D eigenvalue weighted by atomic mass is 9.74. The summed E-state index contributed by atoms with van der Waals surface area (Å²) in [6, 6.07) is 6.19. The maximum absolute atomic E-state index is 14.1. The van der Waals surface area contributed by atoms with Gasteiger partial charge in [-0.3, -0.25) is 4.79 Å². The second-order valence-corrected chi connectivity index (χ2v) is 11.2. The van der Waals surface area contributed by atoms with Crippen LogP contribution in [0, 0.1) is 23.6 Å². The third-order valence-electron chi connectivity index (χ3n) is 8.39. The summed E-state index contributed by atoms with van der Waals surface area (Å²) in [5.74, 6) is -2.76. The third-order valence-corrected chi connectivity index (χ3v) is 8.39. The Morgan fingerprint density at radius 3 is 2.70 bits per heavy atom. The summed E-state index contributed by atoms with van der Waals surface area (Å²) in [4.78, 5) is 15.3. The van der Waals surface area contributed by atoms with E-state index in [0.29, 0.717) is 57.5 Å². The standard InChI is InChI=1S/C29H45F3N2O3/c1-33-20-23(17-22-10-13-28(31,32)14-11-22)18-27(35)34-15-6-8-25(21-34)29(36,12-3-4-16-37-2)24-7-5-9-26(30)19-24/h5,7,9,19,22-23,25,33,36H,3-4,6,8,10-18,20-21H2,1-2H3/t23-,25-,29-/m1/s1. The Hall–Kier alpha value is -1.64. The van der Waals surface area contributed by atoms with E-state index in [-0.39, 0.29) is 42.3 Å². The van der Waals surface area contributed by atoms with Gasteiger partial charge in [0.2, 0.25) is 11.8 Å². The van der Waals surface area contributed by atoms with Crippen LogP contribution >= 0.6 is 0 Å². The van der Waals surface area contributed by atoms with Crippen LogP contribution in [0.5, 0.6) is 0 Å². The van der Waals surface area contributed by atoms with Crippen LogP contribution in [-0.4, -0.2) is 62.2 Å². The number of halogens is 3. The molecule has 1 saturated carbocycles. The normalized spacial score (nSPS) is 23.0. The molecule has 210 valence electrons. The number of carbonyl (C=O) groups excluding carboxylic acids is 1. The number of nitrogens with one attached hydrogen (secondary N) is 1. The van der Waals surface area contributed by atoms with Crippen LogP contribution in [0.15, 0.2) is 24.3 Å². The van der Waals surface area contributed by atoms with Crippen LogP contribution in [0.25, 0.3) is 0 Å². The number of nitrogens with zero attached hydrogens (tertiary/aromatic N) is 1. The fourth-order valence-electron chi connectivity index (χ4n) is 6.29. The summed E-state index contributed by atoms with van der Waals surface area (Å²) in [6.45, 7) is 2.33. The Balaban J connectivity index is 1.66. The van der Waals surface area contributed by atoms with E-state index in [2.05, 4.69) is 5.32 Å². The molecule has 3 rings (SSSR count). The van der Waals surface area contributed by atoms with Gasteiger partial charge in [-0.25, -0.2) is 13.2 Å². The molecule has 1 amide bonds. The Bertz CT molecular complexity index is 845. The molecule has 0 bridgehead atoms. The number of ether oxygens (including phenoxy) is 1. The van der Waals surface area contributed by atoms with E-state index in [1.807, 2.05) is 11.9 Å². The molecule has 1 saturated heterocycles. The average molecular weight is 527 g/mol. The minimum absolute atomic E-state index is 0.0482. The minimum atomic E-state index is -2.55. The molecule has 3 atom stereocenters. The summed E-state index contributed by atoms with van der Waals surface area (Å²) >= 11 is 0. The van der Waals surface area contributed by atoms with Crippen molar-refractivity contribution in [3.8, 4) is 0 Å². The highest BCUT2D eigenvalue weighted by atomic mass is 19.3. The zero-order chi connectivity index (χ0) is 26.9. The number of unbranched alkanes of at least 4 members (excludes halogenated alkanes) is 1. The van der Waals surface area contributed by atoms with Crippen LogP contribution in [0.2, 0.25) is 0 Å². The van der Waals surface area contributed by atoms with Crippen molar-refractivity contribution in [2.75, 3.05) is 40.4 Å². The molecule has 0 spiro atoms. The van der Waals surface area contributed by atoms with Gasteiger partial charge in [0, 0.05) is 52.0 Å². The minimum Gasteiger partial charge on any atom is -0.385 e. The van der Waals surface area contributed by atoms with E-state index in [9.17, 15) is 23.1 Å². The molecule has 2 fully saturated rings. The fourth-order valence-corrected chi connectivity index (χ4v) is 6.29. The SMILES string of the molecule is CNC[C@@H](CC(=O)N1CCC[C@@H]([C@@](O)(CCCCOC)c2cccc(F)c2)C1)CC1CCC(F)(F)CC1. The second-order valence-electron chi connectivity index (χ2n) is 11.2. The number of carbonyl (C=O) groups is 1. The molecule has 2 aliphatic rings. The molecule has 8 heteroatoms. The predicted molar refractivity (Wildman–Crippen MR) is 139 cm³/mol. The van der Waals surface area contributed by atoms with Gasteiger partial charge in [0.15, 0.2) is 0 Å². The Morgan fingerprint density at radius 2 is 2.03 bits per heavy atom. The van der Waals surface area contributed by atoms with E-state index in [1.165, 1.54) is 12.1 Å². The van der Waals surface area contributed by atoms with Crippen LogP contribution in [0.4, 0.5) is 13.2 Å². The van der Waals surface area contributed by atoms with Crippen molar-refractivity contribution in [2.24, 2.45) is 17.8 Å².